The third kappa shape index (κ3) is 2.13. The fourth-order valence-corrected chi connectivity index (χ4v) is 3.23. The van der Waals surface area contributed by atoms with E-state index < -0.39 is 39.8 Å². The number of hydrogen-bond donors (Lipinski definition) is 3. The highest BCUT2D eigenvalue weighted by Crippen LogP contribution is 2.38. The number of amides is 4. The number of thiol groups is 2. The van der Waals surface area contributed by atoms with E-state index >= 15 is 0 Å². The summed E-state index contributed by atoms with van der Waals surface area (Å²) in [5, 5.41) is 9.60. The second-order valence-electron chi connectivity index (χ2n) is 4.65. The second-order valence-corrected chi connectivity index (χ2v) is 6.09. The third-order valence-electron chi connectivity index (χ3n) is 3.46. The highest BCUT2D eigenvalue weighted by atomic mass is 32.2. The molecule has 114 valence electrons. The molecule has 0 bridgehead atoms. The summed E-state index contributed by atoms with van der Waals surface area (Å²) in [5.74, 6) is -4.80. The van der Waals surface area contributed by atoms with E-state index in [0.717, 1.165) is 0 Å². The van der Waals surface area contributed by atoms with Crippen molar-refractivity contribution in [2.45, 2.75) is 35.9 Å². The van der Waals surface area contributed by atoms with Crippen LogP contribution in [-0.2, 0) is 24.0 Å². The summed E-state index contributed by atoms with van der Waals surface area (Å²) in [6.45, 7) is 0. The largest absolute Gasteiger partial charge is 0.478 e. The van der Waals surface area contributed by atoms with Crippen LogP contribution in [-0.4, -0.2) is 54.7 Å². The quantitative estimate of drug-likeness (QED) is 0.355. The van der Waals surface area contributed by atoms with Crippen LogP contribution in [0.25, 0.3) is 0 Å². The Hall–Kier alpha value is -1.55. The fraction of sp³-hybridized carbons (Fsp3) is 0.545. The summed E-state index contributed by atoms with van der Waals surface area (Å²) in [4.78, 5) is 60.4. The Kier molecular flexibility index (Phi) is 4.02. The number of hydrogen-bond acceptors (Lipinski definition) is 7. The summed E-state index contributed by atoms with van der Waals surface area (Å²) >= 11 is 7.84. The second kappa shape index (κ2) is 5.34. The Balaban J connectivity index is 2.67. The average Bonchev–Trinajstić information content (AvgIpc) is 2.88. The van der Waals surface area contributed by atoms with Gasteiger partial charge < -0.3 is 5.11 Å². The lowest BCUT2D eigenvalue weighted by molar-refractivity contribution is -0.180. The molecule has 0 spiro atoms. The first-order valence-electron chi connectivity index (χ1n) is 6.06. The SMILES string of the molecule is O=C1CCC(=O)N1C(C(=O)O)(C(S)S)N1C(=O)CCC1=O. The molecular formula is C11H12N2O6S2. The minimum Gasteiger partial charge on any atom is -0.478 e. The Labute approximate surface area is 130 Å². The molecule has 0 radical (unpaired) electrons. The Morgan fingerprint density at radius 3 is 1.38 bits per heavy atom. The van der Waals surface area contributed by atoms with Crippen molar-refractivity contribution in [2.75, 3.05) is 0 Å². The van der Waals surface area contributed by atoms with Crippen molar-refractivity contribution in [2.24, 2.45) is 0 Å². The van der Waals surface area contributed by atoms with Crippen LogP contribution < -0.4 is 0 Å². The molecule has 0 saturated carbocycles. The molecule has 2 heterocycles. The van der Waals surface area contributed by atoms with Crippen molar-refractivity contribution in [3.63, 3.8) is 0 Å². The van der Waals surface area contributed by atoms with Gasteiger partial charge in [0.15, 0.2) is 0 Å². The highest BCUT2D eigenvalue weighted by molar-refractivity contribution is 7.99. The fourth-order valence-electron chi connectivity index (χ4n) is 2.55. The maximum atomic E-state index is 11.9. The normalized spacial score (nSPS) is 20.1. The summed E-state index contributed by atoms with van der Waals surface area (Å²) in [5.41, 5.74) is -2.54. The minimum absolute atomic E-state index is 0.182. The summed E-state index contributed by atoms with van der Waals surface area (Å²) in [6, 6.07) is 0. The zero-order valence-electron chi connectivity index (χ0n) is 10.7. The molecular weight excluding hydrogens is 320 g/mol. The molecule has 21 heavy (non-hydrogen) atoms. The van der Waals surface area contributed by atoms with Crippen LogP contribution in [0.1, 0.15) is 25.7 Å². The van der Waals surface area contributed by atoms with Crippen LogP contribution in [0.4, 0.5) is 0 Å². The van der Waals surface area contributed by atoms with E-state index in [2.05, 4.69) is 25.3 Å². The first kappa shape index (κ1) is 15.8. The molecule has 2 rings (SSSR count). The Morgan fingerprint density at radius 1 is 0.905 bits per heavy atom. The summed E-state index contributed by atoms with van der Waals surface area (Å²) < 4.78 is -1.44. The number of likely N-dealkylation sites (tertiary alicyclic amines) is 2. The Morgan fingerprint density at radius 2 is 1.19 bits per heavy atom. The van der Waals surface area contributed by atoms with E-state index in [-0.39, 0.29) is 25.7 Å². The zero-order valence-corrected chi connectivity index (χ0v) is 12.5. The van der Waals surface area contributed by atoms with Gasteiger partial charge in [0, 0.05) is 25.7 Å². The first-order valence-corrected chi connectivity index (χ1v) is 7.09. The molecule has 2 saturated heterocycles. The van der Waals surface area contributed by atoms with Gasteiger partial charge in [-0.25, -0.2) is 14.6 Å². The van der Waals surface area contributed by atoms with Crippen LogP contribution >= 0.6 is 25.3 Å². The lowest BCUT2D eigenvalue weighted by Gasteiger charge is -2.43. The number of rotatable bonds is 4. The molecule has 0 aromatic carbocycles. The van der Waals surface area contributed by atoms with Gasteiger partial charge in [-0.15, -0.1) is 0 Å². The topological polar surface area (TPSA) is 112 Å². The van der Waals surface area contributed by atoms with E-state index in [1.807, 2.05) is 0 Å². The monoisotopic (exact) mass is 332 g/mol. The molecule has 2 fully saturated rings. The van der Waals surface area contributed by atoms with Crippen LogP contribution in [0.3, 0.4) is 0 Å². The lowest BCUT2D eigenvalue weighted by atomic mass is 10.1. The van der Waals surface area contributed by atoms with Gasteiger partial charge in [0.25, 0.3) is 5.66 Å². The maximum Gasteiger partial charge on any atom is 0.354 e. The number of imide groups is 2. The summed E-state index contributed by atoms with van der Waals surface area (Å²) in [6.07, 6.45) is -0.729. The van der Waals surface area contributed by atoms with Crippen molar-refractivity contribution >= 4 is 54.9 Å². The lowest BCUT2D eigenvalue weighted by Crippen LogP contribution is -2.71. The molecule has 2 aliphatic rings. The minimum atomic E-state index is -2.54. The molecule has 1 N–H and O–H groups in total. The number of carboxylic acids is 1. The van der Waals surface area contributed by atoms with E-state index in [1.165, 1.54) is 0 Å². The number of nitrogens with zero attached hydrogens (tertiary/aromatic N) is 2. The number of aliphatic carboxylic acids is 1. The van der Waals surface area contributed by atoms with Crippen molar-refractivity contribution < 1.29 is 29.1 Å². The molecule has 0 atom stereocenters. The zero-order chi connectivity index (χ0) is 15.9. The molecule has 2 aliphatic heterocycles. The van der Waals surface area contributed by atoms with E-state index in [1.54, 1.807) is 0 Å². The van der Waals surface area contributed by atoms with Crippen LogP contribution in [0.5, 0.6) is 0 Å². The van der Waals surface area contributed by atoms with Crippen LogP contribution in [0.2, 0.25) is 0 Å². The van der Waals surface area contributed by atoms with Gasteiger partial charge in [0.1, 0.15) is 0 Å². The van der Waals surface area contributed by atoms with Gasteiger partial charge in [-0.3, -0.25) is 19.2 Å². The maximum absolute atomic E-state index is 11.9. The van der Waals surface area contributed by atoms with Crippen molar-refractivity contribution in [1.82, 2.24) is 9.80 Å². The predicted molar refractivity (Wildman–Crippen MR) is 74.3 cm³/mol. The van der Waals surface area contributed by atoms with Crippen molar-refractivity contribution in [1.29, 1.82) is 0 Å². The van der Waals surface area contributed by atoms with E-state index in [0.29, 0.717) is 9.80 Å². The first-order chi connectivity index (χ1) is 9.74. The van der Waals surface area contributed by atoms with Crippen LogP contribution in [0, 0.1) is 0 Å². The highest BCUT2D eigenvalue weighted by Gasteiger charge is 2.63. The standard InChI is InChI=1S/C11H12N2O6S2/c14-5-1-2-6(15)12(5)11(9(18)19,10(20)21)13-7(16)3-4-8(13)17/h10,20-21H,1-4H2,(H,18,19). The smallest absolute Gasteiger partial charge is 0.354 e. The predicted octanol–water partition coefficient (Wildman–Crippen LogP) is -0.749. The van der Waals surface area contributed by atoms with Gasteiger partial charge >= 0.3 is 5.97 Å². The molecule has 10 heteroatoms. The Bertz CT molecular complexity index is 493. The number of carbonyl (C=O) groups is 5. The van der Waals surface area contributed by atoms with Gasteiger partial charge in [-0.2, -0.15) is 25.3 Å². The third-order valence-corrected chi connectivity index (χ3v) is 4.18. The molecule has 4 amide bonds. The average molecular weight is 332 g/mol. The van der Waals surface area contributed by atoms with Gasteiger partial charge in [0.05, 0.1) is 4.58 Å². The van der Waals surface area contributed by atoms with Gasteiger partial charge in [-0.05, 0) is 0 Å². The molecule has 8 nitrogen and oxygen atoms in total. The van der Waals surface area contributed by atoms with E-state index in [9.17, 15) is 29.1 Å². The van der Waals surface area contributed by atoms with Crippen LogP contribution in [0.15, 0.2) is 0 Å². The van der Waals surface area contributed by atoms with Gasteiger partial charge in [-0.1, -0.05) is 0 Å². The number of carbonyl (C=O) groups excluding carboxylic acids is 4. The van der Waals surface area contributed by atoms with Crippen molar-refractivity contribution in [3.05, 3.63) is 0 Å². The van der Waals surface area contributed by atoms with Crippen molar-refractivity contribution in [3.8, 4) is 0 Å². The van der Waals surface area contributed by atoms with Gasteiger partial charge in [0.2, 0.25) is 23.6 Å². The number of carboxylic acid groups (broad SMARTS) is 1. The van der Waals surface area contributed by atoms with E-state index in [4.69, 9.17) is 0 Å². The summed E-state index contributed by atoms with van der Waals surface area (Å²) in [7, 11) is 0. The molecule has 0 unspecified atom stereocenters. The molecule has 0 aliphatic carbocycles. The molecule has 0 aromatic heterocycles. The molecule has 0 aromatic rings.